The molecule has 1 fully saturated rings. The first-order valence-electron chi connectivity index (χ1n) is 8.29. The number of sulfone groups is 1. The first-order valence-corrected chi connectivity index (χ1v) is 9.77. The average Bonchev–Trinajstić information content (AvgIpc) is 3.00. The summed E-state index contributed by atoms with van der Waals surface area (Å²) in [7, 11) is -1.76. The minimum Gasteiger partial charge on any atom is -0.354 e. The highest BCUT2D eigenvalue weighted by Gasteiger charge is 2.24. The fourth-order valence-corrected chi connectivity index (χ4v) is 4.68. The van der Waals surface area contributed by atoms with Gasteiger partial charge in [0.05, 0.1) is 10.4 Å². The van der Waals surface area contributed by atoms with Crippen molar-refractivity contribution in [3.8, 4) is 0 Å². The molecule has 3 aromatic rings. The molecule has 0 aliphatic carbocycles. The van der Waals surface area contributed by atoms with Gasteiger partial charge in [-0.2, -0.15) is 0 Å². The molecule has 1 aromatic carbocycles. The molecule has 3 heterocycles. The minimum absolute atomic E-state index is 0.258. The van der Waals surface area contributed by atoms with E-state index in [-0.39, 0.29) is 9.79 Å². The lowest BCUT2D eigenvalue weighted by Gasteiger charge is -2.28. The van der Waals surface area contributed by atoms with E-state index in [9.17, 15) is 8.42 Å². The maximum atomic E-state index is 13.1. The Hall–Kier alpha value is -2.38. The second kappa shape index (κ2) is 6.16. The van der Waals surface area contributed by atoms with Gasteiger partial charge in [0.2, 0.25) is 9.84 Å². The number of aromatic nitrogens is 2. The number of benzene rings is 1. The molecule has 2 aromatic heterocycles. The molecule has 0 saturated carbocycles. The van der Waals surface area contributed by atoms with Crippen LogP contribution in [0, 0.1) is 0 Å². The third-order valence-electron chi connectivity index (χ3n) is 4.57. The topological polar surface area (TPSA) is 67.2 Å². The molecule has 1 aliphatic rings. The highest BCUT2D eigenvalue weighted by Crippen LogP contribution is 2.30. The molecule has 7 heteroatoms. The van der Waals surface area contributed by atoms with Gasteiger partial charge in [0.15, 0.2) is 0 Å². The Morgan fingerprint density at radius 3 is 2.48 bits per heavy atom. The van der Waals surface area contributed by atoms with E-state index in [0.717, 1.165) is 37.5 Å². The van der Waals surface area contributed by atoms with Crippen LogP contribution < -0.4 is 10.2 Å². The summed E-state index contributed by atoms with van der Waals surface area (Å²) in [6.45, 7) is 3.55. The molecule has 0 radical (unpaired) electrons. The third kappa shape index (κ3) is 2.79. The van der Waals surface area contributed by atoms with Crippen LogP contribution in [0.3, 0.4) is 0 Å². The van der Waals surface area contributed by atoms with E-state index in [1.54, 1.807) is 30.5 Å². The van der Waals surface area contributed by atoms with Gasteiger partial charge in [0, 0.05) is 39.4 Å². The number of rotatable bonds is 3. The number of hydrogen-bond donors (Lipinski definition) is 1. The molecule has 0 unspecified atom stereocenters. The Labute approximate surface area is 147 Å². The second-order valence-corrected chi connectivity index (χ2v) is 8.11. The number of aryl methyl sites for hydroxylation is 1. The fourth-order valence-electron chi connectivity index (χ4n) is 3.21. The van der Waals surface area contributed by atoms with Crippen molar-refractivity contribution in [1.29, 1.82) is 0 Å². The second-order valence-electron chi connectivity index (χ2n) is 6.19. The van der Waals surface area contributed by atoms with Crippen LogP contribution in [0.4, 0.5) is 5.82 Å². The molecule has 1 N–H and O–H groups in total. The van der Waals surface area contributed by atoms with Crippen LogP contribution in [0.15, 0.2) is 58.5 Å². The molecular formula is C18H20N4O2S. The van der Waals surface area contributed by atoms with Gasteiger partial charge in [-0.25, -0.2) is 13.4 Å². The third-order valence-corrected chi connectivity index (χ3v) is 6.34. The predicted molar refractivity (Wildman–Crippen MR) is 97.7 cm³/mol. The summed E-state index contributed by atoms with van der Waals surface area (Å²) in [4.78, 5) is 7.44. The lowest BCUT2D eigenvalue weighted by Crippen LogP contribution is -2.43. The van der Waals surface area contributed by atoms with E-state index < -0.39 is 9.84 Å². The lowest BCUT2D eigenvalue weighted by atomic mass is 10.3. The number of anilines is 1. The van der Waals surface area contributed by atoms with Crippen LogP contribution in [0.5, 0.6) is 0 Å². The summed E-state index contributed by atoms with van der Waals surface area (Å²) in [5.74, 6) is 0.824. The molecule has 0 spiro atoms. The Bertz CT molecular complexity index is 1010. The van der Waals surface area contributed by atoms with Gasteiger partial charge >= 0.3 is 0 Å². The van der Waals surface area contributed by atoms with Gasteiger partial charge < -0.3 is 14.8 Å². The summed E-state index contributed by atoms with van der Waals surface area (Å²) in [6.07, 6.45) is 1.65. The largest absolute Gasteiger partial charge is 0.354 e. The maximum Gasteiger partial charge on any atom is 0.210 e. The highest BCUT2D eigenvalue weighted by atomic mass is 32.2. The smallest absolute Gasteiger partial charge is 0.210 e. The van der Waals surface area contributed by atoms with E-state index in [4.69, 9.17) is 4.98 Å². The molecule has 0 amide bonds. The molecule has 0 atom stereocenters. The number of pyridine rings is 1. The Balaban J connectivity index is 1.86. The van der Waals surface area contributed by atoms with Crippen molar-refractivity contribution >= 4 is 26.7 Å². The lowest BCUT2D eigenvalue weighted by molar-refractivity contribution is 0.585. The summed E-state index contributed by atoms with van der Waals surface area (Å²) < 4.78 is 28.0. The minimum atomic E-state index is -3.61. The van der Waals surface area contributed by atoms with E-state index in [1.807, 2.05) is 29.8 Å². The van der Waals surface area contributed by atoms with Gasteiger partial charge in [-0.15, -0.1) is 0 Å². The zero-order valence-electron chi connectivity index (χ0n) is 14.0. The van der Waals surface area contributed by atoms with Gasteiger partial charge in [-0.1, -0.05) is 18.2 Å². The van der Waals surface area contributed by atoms with Crippen molar-refractivity contribution in [2.45, 2.75) is 9.79 Å². The van der Waals surface area contributed by atoms with Crippen molar-refractivity contribution in [2.24, 2.45) is 7.05 Å². The average molecular weight is 356 g/mol. The van der Waals surface area contributed by atoms with Crippen molar-refractivity contribution in [3.05, 3.63) is 48.7 Å². The quantitative estimate of drug-likeness (QED) is 0.775. The summed E-state index contributed by atoms with van der Waals surface area (Å²) in [5, 5.41) is 3.31. The molecule has 25 heavy (non-hydrogen) atoms. The van der Waals surface area contributed by atoms with E-state index >= 15 is 0 Å². The number of nitrogens with one attached hydrogen (secondary N) is 1. The van der Waals surface area contributed by atoms with E-state index in [0.29, 0.717) is 5.52 Å². The first-order chi connectivity index (χ1) is 12.1. The van der Waals surface area contributed by atoms with Crippen LogP contribution in [-0.2, 0) is 16.9 Å². The van der Waals surface area contributed by atoms with Gasteiger partial charge in [0.1, 0.15) is 16.2 Å². The zero-order valence-corrected chi connectivity index (χ0v) is 14.8. The molecule has 4 rings (SSSR count). The fraction of sp³-hybridized carbons (Fsp3) is 0.278. The molecular weight excluding hydrogens is 336 g/mol. The molecule has 130 valence electrons. The van der Waals surface area contributed by atoms with Crippen LogP contribution in [0.2, 0.25) is 0 Å². The zero-order chi connectivity index (χ0) is 17.4. The summed E-state index contributed by atoms with van der Waals surface area (Å²) in [6, 6.07) is 12.4. The van der Waals surface area contributed by atoms with Gasteiger partial charge in [0.25, 0.3) is 0 Å². The molecule has 1 aliphatic heterocycles. The van der Waals surface area contributed by atoms with Gasteiger partial charge in [-0.3, -0.25) is 0 Å². The Morgan fingerprint density at radius 1 is 1.04 bits per heavy atom. The number of hydrogen-bond acceptors (Lipinski definition) is 5. The van der Waals surface area contributed by atoms with Crippen LogP contribution in [0.25, 0.3) is 11.0 Å². The van der Waals surface area contributed by atoms with Crippen molar-refractivity contribution in [1.82, 2.24) is 14.9 Å². The molecule has 1 saturated heterocycles. The normalized spacial score (nSPS) is 15.6. The number of fused-ring (bicyclic) bond motifs is 1. The standard InChI is InChI=1S/C18H20N4O2S/c1-21-13-16(25(23,24)14-5-3-2-4-6-14)18-15(21)7-8-17(20-18)22-11-9-19-10-12-22/h2-8,13,19H,9-12H2,1H3. The van der Waals surface area contributed by atoms with E-state index in [1.165, 1.54) is 0 Å². The summed E-state index contributed by atoms with van der Waals surface area (Å²) >= 11 is 0. The maximum absolute atomic E-state index is 13.1. The van der Waals surface area contributed by atoms with Crippen molar-refractivity contribution in [2.75, 3.05) is 31.1 Å². The van der Waals surface area contributed by atoms with Gasteiger partial charge in [-0.05, 0) is 24.3 Å². The van der Waals surface area contributed by atoms with Crippen molar-refractivity contribution < 1.29 is 8.42 Å². The van der Waals surface area contributed by atoms with Crippen LogP contribution >= 0.6 is 0 Å². The number of nitrogens with zero attached hydrogens (tertiary/aromatic N) is 3. The molecule has 0 bridgehead atoms. The van der Waals surface area contributed by atoms with Crippen molar-refractivity contribution in [3.63, 3.8) is 0 Å². The Morgan fingerprint density at radius 2 is 1.76 bits per heavy atom. The molecule has 6 nitrogen and oxygen atoms in total. The van der Waals surface area contributed by atoms with Crippen LogP contribution in [-0.4, -0.2) is 44.1 Å². The summed E-state index contributed by atoms with van der Waals surface area (Å²) in [5.41, 5.74) is 1.34. The SMILES string of the molecule is Cn1cc(S(=O)(=O)c2ccccc2)c2nc(N3CCNCC3)ccc21. The van der Waals surface area contributed by atoms with E-state index in [2.05, 4.69) is 10.2 Å². The highest BCUT2D eigenvalue weighted by molar-refractivity contribution is 7.91. The number of piperazine rings is 1. The Kier molecular flexibility index (Phi) is 3.97. The monoisotopic (exact) mass is 356 g/mol. The first kappa shape index (κ1) is 16.1. The predicted octanol–water partition coefficient (Wildman–Crippen LogP) is 1.82. The van der Waals surface area contributed by atoms with Crippen LogP contribution in [0.1, 0.15) is 0 Å².